The van der Waals surface area contributed by atoms with Gasteiger partial charge in [0.2, 0.25) is 5.91 Å². The number of benzene rings is 2. The van der Waals surface area contributed by atoms with E-state index >= 15 is 0 Å². The molecule has 0 saturated heterocycles. The number of hydrogen-bond acceptors (Lipinski definition) is 2. The molecule has 1 N–H and O–H groups in total. The Hall–Kier alpha value is -3.31. The summed E-state index contributed by atoms with van der Waals surface area (Å²) in [6, 6.07) is 21.3. The molecule has 0 saturated carbocycles. The fraction of sp³-hybridized carbons (Fsp3) is 0.0909. The van der Waals surface area contributed by atoms with Crippen molar-refractivity contribution in [1.82, 2.24) is 14.3 Å². The number of aromatic nitrogens is 3. The van der Waals surface area contributed by atoms with Crippen molar-refractivity contribution in [1.29, 1.82) is 0 Å². The highest BCUT2D eigenvalue weighted by Crippen LogP contribution is 2.18. The van der Waals surface area contributed by atoms with Gasteiger partial charge >= 0.3 is 0 Å². The van der Waals surface area contributed by atoms with Crippen LogP contribution in [0.25, 0.3) is 5.69 Å². The van der Waals surface area contributed by atoms with Crippen LogP contribution in [0.4, 0.5) is 5.82 Å². The highest BCUT2D eigenvalue weighted by atomic mass is 35.5. The molecular weight excluding hydrogens is 372 g/mol. The molecule has 28 heavy (non-hydrogen) atoms. The van der Waals surface area contributed by atoms with E-state index in [0.717, 1.165) is 16.8 Å². The van der Waals surface area contributed by atoms with Crippen LogP contribution in [0.1, 0.15) is 11.1 Å². The molecule has 0 aliphatic carbocycles. The number of anilines is 1. The molecule has 6 heteroatoms. The van der Waals surface area contributed by atoms with Gasteiger partial charge in [-0.15, -0.1) is 0 Å². The summed E-state index contributed by atoms with van der Waals surface area (Å²) in [4.78, 5) is 12.5. The third-order valence-electron chi connectivity index (χ3n) is 4.47. The number of carbonyl (C=O) groups excluding carboxylic acids is 1. The van der Waals surface area contributed by atoms with Gasteiger partial charge < -0.3 is 9.88 Å². The van der Waals surface area contributed by atoms with Gasteiger partial charge in [-0.1, -0.05) is 41.9 Å². The van der Waals surface area contributed by atoms with Crippen LogP contribution in [-0.2, 0) is 17.8 Å². The summed E-state index contributed by atoms with van der Waals surface area (Å²) in [5, 5.41) is 7.91. The Morgan fingerprint density at radius 2 is 1.71 bits per heavy atom. The van der Waals surface area contributed by atoms with Crippen molar-refractivity contribution in [2.45, 2.75) is 13.0 Å². The number of hydrogen-bond donors (Lipinski definition) is 1. The third kappa shape index (κ3) is 4.15. The van der Waals surface area contributed by atoms with Crippen molar-refractivity contribution in [3.05, 3.63) is 101 Å². The monoisotopic (exact) mass is 390 g/mol. The Bertz CT molecular complexity index is 1070. The van der Waals surface area contributed by atoms with Gasteiger partial charge in [0, 0.05) is 29.2 Å². The molecule has 0 aliphatic rings. The summed E-state index contributed by atoms with van der Waals surface area (Å²) in [5.41, 5.74) is 2.96. The second kappa shape index (κ2) is 8.15. The first-order chi connectivity index (χ1) is 13.7. The van der Waals surface area contributed by atoms with Crippen LogP contribution in [0.5, 0.6) is 0 Å². The van der Waals surface area contributed by atoms with Crippen LogP contribution >= 0.6 is 11.6 Å². The Morgan fingerprint density at radius 1 is 0.964 bits per heavy atom. The fourth-order valence-electron chi connectivity index (χ4n) is 3.02. The molecule has 2 aromatic carbocycles. The summed E-state index contributed by atoms with van der Waals surface area (Å²) in [6.07, 6.45) is 5.94. The predicted octanol–water partition coefficient (Wildman–Crippen LogP) is 4.56. The zero-order valence-corrected chi connectivity index (χ0v) is 15.9. The number of carbonyl (C=O) groups is 1. The normalized spacial score (nSPS) is 10.8. The standard InChI is InChI=1S/C22H19ClN4O/c23-20-6-2-1-5-18(20)16-27-21(11-12-24-27)25-22(28)15-17-7-9-19(10-8-17)26-13-3-4-14-26/h1-14H,15-16H2,(H,25,28). The first-order valence-electron chi connectivity index (χ1n) is 8.96. The number of nitrogens with zero attached hydrogens (tertiary/aromatic N) is 3. The van der Waals surface area contributed by atoms with Crippen molar-refractivity contribution >= 4 is 23.3 Å². The summed E-state index contributed by atoms with van der Waals surface area (Å²) in [7, 11) is 0. The molecular formula is C22H19ClN4O. The van der Waals surface area contributed by atoms with E-state index in [0.29, 0.717) is 23.8 Å². The van der Waals surface area contributed by atoms with E-state index in [9.17, 15) is 4.79 Å². The molecule has 0 aliphatic heterocycles. The highest BCUT2D eigenvalue weighted by Gasteiger charge is 2.10. The lowest BCUT2D eigenvalue weighted by Crippen LogP contribution is -2.18. The molecule has 2 heterocycles. The molecule has 0 atom stereocenters. The van der Waals surface area contributed by atoms with E-state index < -0.39 is 0 Å². The molecule has 0 fully saturated rings. The van der Waals surface area contributed by atoms with Gasteiger partial charge in [0.05, 0.1) is 19.2 Å². The van der Waals surface area contributed by atoms with Gasteiger partial charge in [-0.3, -0.25) is 4.79 Å². The molecule has 5 nitrogen and oxygen atoms in total. The van der Waals surface area contributed by atoms with Crippen molar-refractivity contribution in [2.24, 2.45) is 0 Å². The Labute approximate surface area is 168 Å². The van der Waals surface area contributed by atoms with Crippen LogP contribution in [0.3, 0.4) is 0 Å². The largest absolute Gasteiger partial charge is 0.324 e. The highest BCUT2D eigenvalue weighted by molar-refractivity contribution is 6.31. The van der Waals surface area contributed by atoms with Crippen molar-refractivity contribution in [2.75, 3.05) is 5.32 Å². The number of rotatable bonds is 6. The maximum Gasteiger partial charge on any atom is 0.229 e. The van der Waals surface area contributed by atoms with E-state index in [1.54, 1.807) is 16.9 Å². The lowest BCUT2D eigenvalue weighted by molar-refractivity contribution is -0.115. The van der Waals surface area contributed by atoms with E-state index in [-0.39, 0.29) is 5.91 Å². The van der Waals surface area contributed by atoms with Crippen LogP contribution in [0.2, 0.25) is 5.02 Å². The average Bonchev–Trinajstić information content (AvgIpc) is 3.37. The van der Waals surface area contributed by atoms with Gasteiger partial charge in [0.1, 0.15) is 5.82 Å². The predicted molar refractivity (Wildman–Crippen MR) is 111 cm³/mol. The molecule has 1 amide bonds. The molecule has 2 aromatic heterocycles. The SMILES string of the molecule is O=C(Cc1ccc(-n2cccc2)cc1)Nc1ccnn1Cc1ccccc1Cl. The number of amides is 1. The van der Waals surface area contributed by atoms with Crippen LogP contribution in [-0.4, -0.2) is 20.3 Å². The van der Waals surface area contributed by atoms with E-state index in [2.05, 4.69) is 10.4 Å². The Kier molecular flexibility index (Phi) is 5.26. The quantitative estimate of drug-likeness (QED) is 0.524. The van der Waals surface area contributed by atoms with Gasteiger partial charge in [-0.05, 0) is 41.5 Å². The minimum Gasteiger partial charge on any atom is -0.324 e. The molecule has 4 aromatic rings. The lowest BCUT2D eigenvalue weighted by atomic mass is 10.1. The smallest absolute Gasteiger partial charge is 0.229 e. The second-order valence-corrected chi connectivity index (χ2v) is 6.85. The third-order valence-corrected chi connectivity index (χ3v) is 4.83. The van der Waals surface area contributed by atoms with Gasteiger partial charge in [0.15, 0.2) is 0 Å². The molecule has 140 valence electrons. The number of nitrogens with one attached hydrogen (secondary N) is 1. The molecule has 0 unspecified atom stereocenters. The first kappa shape index (κ1) is 18.1. The molecule has 0 bridgehead atoms. The molecule has 0 spiro atoms. The maximum absolute atomic E-state index is 12.5. The van der Waals surface area contributed by atoms with Gasteiger partial charge in [0.25, 0.3) is 0 Å². The van der Waals surface area contributed by atoms with Crippen molar-refractivity contribution in [3.63, 3.8) is 0 Å². The fourth-order valence-corrected chi connectivity index (χ4v) is 3.21. The zero-order chi connectivity index (χ0) is 19.3. The van der Waals surface area contributed by atoms with Crippen LogP contribution in [0, 0.1) is 0 Å². The molecule has 4 rings (SSSR count). The number of halogens is 1. The van der Waals surface area contributed by atoms with Gasteiger partial charge in [-0.25, -0.2) is 4.68 Å². The maximum atomic E-state index is 12.5. The van der Waals surface area contributed by atoms with E-state index in [1.165, 1.54) is 0 Å². The average molecular weight is 391 g/mol. The van der Waals surface area contributed by atoms with Crippen LogP contribution in [0.15, 0.2) is 85.3 Å². The Morgan fingerprint density at radius 3 is 2.46 bits per heavy atom. The zero-order valence-electron chi connectivity index (χ0n) is 15.1. The van der Waals surface area contributed by atoms with Crippen molar-refractivity contribution in [3.8, 4) is 5.69 Å². The lowest BCUT2D eigenvalue weighted by Gasteiger charge is -2.10. The Balaban J connectivity index is 1.41. The van der Waals surface area contributed by atoms with E-state index in [4.69, 9.17) is 11.6 Å². The summed E-state index contributed by atoms with van der Waals surface area (Å²) in [5.74, 6) is 0.559. The van der Waals surface area contributed by atoms with Crippen molar-refractivity contribution < 1.29 is 4.79 Å². The summed E-state index contributed by atoms with van der Waals surface area (Å²) < 4.78 is 3.76. The van der Waals surface area contributed by atoms with Crippen LogP contribution < -0.4 is 5.32 Å². The molecule has 0 radical (unpaired) electrons. The van der Waals surface area contributed by atoms with Gasteiger partial charge in [-0.2, -0.15) is 5.10 Å². The minimum absolute atomic E-state index is 0.0883. The topological polar surface area (TPSA) is 51.9 Å². The second-order valence-electron chi connectivity index (χ2n) is 6.45. The summed E-state index contributed by atoms with van der Waals surface area (Å²) >= 11 is 6.23. The summed E-state index contributed by atoms with van der Waals surface area (Å²) in [6.45, 7) is 0.494. The minimum atomic E-state index is -0.0883. The first-order valence-corrected chi connectivity index (χ1v) is 9.34. The van der Waals surface area contributed by atoms with E-state index in [1.807, 2.05) is 77.6 Å².